The normalized spacial score (nSPS) is 16.0. The number of carbonyl (C=O) groups excluding carboxylic acids is 2. The Balaban J connectivity index is 1.61. The molecular formula is C20H26N4O3. The summed E-state index contributed by atoms with van der Waals surface area (Å²) in [5.74, 6) is -0.430. The maximum absolute atomic E-state index is 11.9. The number of para-hydroxylation sites is 1. The summed E-state index contributed by atoms with van der Waals surface area (Å²) in [5.41, 5.74) is 1.22. The molecule has 0 aliphatic carbocycles. The van der Waals surface area contributed by atoms with Crippen molar-refractivity contribution in [2.24, 2.45) is 0 Å². The number of carbonyl (C=O) groups is 2. The molecule has 1 aliphatic heterocycles. The van der Waals surface area contributed by atoms with Crippen molar-refractivity contribution in [3.05, 3.63) is 54.5 Å². The second-order valence-corrected chi connectivity index (χ2v) is 6.46. The molecule has 3 rings (SSSR count). The Bertz CT molecular complexity index is 725. The van der Waals surface area contributed by atoms with Crippen molar-refractivity contribution in [3.8, 4) is 0 Å². The lowest BCUT2D eigenvalue weighted by molar-refractivity contribution is -0.139. The van der Waals surface area contributed by atoms with Gasteiger partial charge in [0.2, 0.25) is 0 Å². The molecule has 0 spiro atoms. The third kappa shape index (κ3) is 4.89. The molecule has 27 heavy (non-hydrogen) atoms. The minimum atomic E-state index is -0.615. The van der Waals surface area contributed by atoms with Gasteiger partial charge in [0.25, 0.3) is 0 Å². The van der Waals surface area contributed by atoms with Crippen LogP contribution in [0.4, 0.5) is 5.69 Å². The van der Waals surface area contributed by atoms with Gasteiger partial charge in [0.1, 0.15) is 5.76 Å². The largest absolute Gasteiger partial charge is 0.468 e. The van der Waals surface area contributed by atoms with Crippen molar-refractivity contribution in [2.45, 2.75) is 13.0 Å². The van der Waals surface area contributed by atoms with Gasteiger partial charge in [0, 0.05) is 45.0 Å². The van der Waals surface area contributed by atoms with Crippen molar-refractivity contribution < 1.29 is 14.0 Å². The Morgan fingerprint density at radius 1 is 1.00 bits per heavy atom. The van der Waals surface area contributed by atoms with Gasteiger partial charge < -0.3 is 20.0 Å². The van der Waals surface area contributed by atoms with E-state index in [1.165, 1.54) is 5.69 Å². The van der Waals surface area contributed by atoms with Gasteiger partial charge in [-0.05, 0) is 31.2 Å². The molecule has 0 saturated carbocycles. The van der Waals surface area contributed by atoms with E-state index in [0.29, 0.717) is 13.1 Å². The molecule has 0 unspecified atom stereocenters. The van der Waals surface area contributed by atoms with Crippen LogP contribution in [-0.4, -0.2) is 56.0 Å². The third-order valence-electron chi connectivity index (χ3n) is 4.75. The molecule has 2 N–H and O–H groups in total. The van der Waals surface area contributed by atoms with Crippen molar-refractivity contribution in [1.29, 1.82) is 0 Å². The molecule has 7 nitrogen and oxygen atoms in total. The first-order chi connectivity index (χ1) is 13.2. The smallest absolute Gasteiger partial charge is 0.309 e. The first kappa shape index (κ1) is 19.0. The van der Waals surface area contributed by atoms with Crippen molar-refractivity contribution in [2.75, 3.05) is 44.2 Å². The lowest BCUT2D eigenvalue weighted by atomic mass is 10.1. The van der Waals surface area contributed by atoms with E-state index < -0.39 is 11.8 Å². The number of furan rings is 1. The van der Waals surface area contributed by atoms with Gasteiger partial charge in [-0.1, -0.05) is 18.2 Å². The molecule has 1 saturated heterocycles. The number of nitrogens with one attached hydrogen (secondary N) is 2. The number of hydrogen-bond donors (Lipinski definition) is 2. The summed E-state index contributed by atoms with van der Waals surface area (Å²) < 4.78 is 5.59. The molecule has 1 aliphatic rings. The average Bonchev–Trinajstić information content (AvgIpc) is 3.24. The Kier molecular flexibility index (Phi) is 6.49. The highest BCUT2D eigenvalue weighted by atomic mass is 16.3. The minimum Gasteiger partial charge on any atom is -0.468 e. The molecule has 0 bridgehead atoms. The molecule has 0 radical (unpaired) electrons. The second-order valence-electron chi connectivity index (χ2n) is 6.46. The van der Waals surface area contributed by atoms with Crippen LogP contribution in [0.15, 0.2) is 53.1 Å². The van der Waals surface area contributed by atoms with Crippen LogP contribution in [0.1, 0.15) is 18.7 Å². The minimum absolute atomic E-state index is 0.101. The maximum Gasteiger partial charge on any atom is 0.309 e. The number of anilines is 1. The van der Waals surface area contributed by atoms with Crippen LogP contribution in [0.2, 0.25) is 0 Å². The fourth-order valence-corrected chi connectivity index (χ4v) is 3.33. The lowest BCUT2D eigenvalue weighted by Crippen LogP contribution is -2.50. The first-order valence-electron chi connectivity index (χ1n) is 9.32. The zero-order chi connectivity index (χ0) is 19.1. The Labute approximate surface area is 159 Å². The molecule has 1 fully saturated rings. The maximum atomic E-state index is 11.9. The summed E-state index contributed by atoms with van der Waals surface area (Å²) in [4.78, 5) is 28.2. The van der Waals surface area contributed by atoms with Gasteiger partial charge in [0.05, 0.1) is 12.3 Å². The predicted molar refractivity (Wildman–Crippen MR) is 103 cm³/mol. The van der Waals surface area contributed by atoms with E-state index in [2.05, 4.69) is 32.6 Å². The fourth-order valence-electron chi connectivity index (χ4n) is 3.33. The summed E-state index contributed by atoms with van der Waals surface area (Å²) in [6, 6.07) is 14.0. The molecular weight excluding hydrogens is 344 g/mol. The van der Waals surface area contributed by atoms with E-state index in [0.717, 1.165) is 31.9 Å². The van der Waals surface area contributed by atoms with E-state index in [9.17, 15) is 9.59 Å². The number of hydrogen-bond acceptors (Lipinski definition) is 5. The highest BCUT2D eigenvalue weighted by Gasteiger charge is 2.28. The summed E-state index contributed by atoms with van der Waals surface area (Å²) in [6.07, 6.45) is 1.63. The number of amides is 2. The van der Waals surface area contributed by atoms with Crippen LogP contribution in [-0.2, 0) is 9.59 Å². The van der Waals surface area contributed by atoms with Crippen LogP contribution in [0.5, 0.6) is 0 Å². The number of rotatable bonds is 6. The number of nitrogens with zero attached hydrogens (tertiary/aromatic N) is 2. The first-order valence-corrected chi connectivity index (χ1v) is 9.32. The van der Waals surface area contributed by atoms with Gasteiger partial charge in [0.15, 0.2) is 0 Å². The fraction of sp³-hybridized carbons (Fsp3) is 0.400. The predicted octanol–water partition coefficient (Wildman–Crippen LogP) is 1.40. The van der Waals surface area contributed by atoms with Gasteiger partial charge in [-0.2, -0.15) is 0 Å². The van der Waals surface area contributed by atoms with Crippen LogP contribution in [0, 0.1) is 0 Å². The van der Waals surface area contributed by atoms with Crippen LogP contribution < -0.4 is 15.5 Å². The summed E-state index contributed by atoms with van der Waals surface area (Å²) >= 11 is 0. The SMILES string of the molecule is CCNC(=O)C(=O)NC[C@@H](c1ccco1)N1CCN(c2ccccc2)CC1. The molecule has 2 aromatic rings. The van der Waals surface area contributed by atoms with Crippen LogP contribution >= 0.6 is 0 Å². The van der Waals surface area contributed by atoms with E-state index in [1.54, 1.807) is 13.2 Å². The van der Waals surface area contributed by atoms with E-state index in [4.69, 9.17) is 4.42 Å². The molecule has 1 aromatic carbocycles. The quantitative estimate of drug-likeness (QED) is 0.752. The van der Waals surface area contributed by atoms with Crippen LogP contribution in [0.3, 0.4) is 0 Å². The van der Waals surface area contributed by atoms with Crippen molar-refractivity contribution >= 4 is 17.5 Å². The van der Waals surface area contributed by atoms with Gasteiger partial charge in [-0.15, -0.1) is 0 Å². The molecule has 2 heterocycles. The lowest BCUT2D eigenvalue weighted by Gasteiger charge is -2.39. The van der Waals surface area contributed by atoms with Crippen molar-refractivity contribution in [1.82, 2.24) is 15.5 Å². The zero-order valence-corrected chi connectivity index (χ0v) is 15.6. The number of piperazine rings is 1. The monoisotopic (exact) mass is 370 g/mol. The van der Waals surface area contributed by atoms with Gasteiger partial charge in [-0.3, -0.25) is 14.5 Å². The topological polar surface area (TPSA) is 77.8 Å². The van der Waals surface area contributed by atoms with Gasteiger partial charge in [-0.25, -0.2) is 0 Å². The Hall–Kier alpha value is -2.80. The standard InChI is InChI=1S/C20H26N4O3/c1-2-21-19(25)20(26)22-15-17(18-9-6-14-27-18)24-12-10-23(11-13-24)16-7-4-3-5-8-16/h3-9,14,17H,2,10-13,15H2,1H3,(H,21,25)(H,22,26)/t17-/m0/s1. The summed E-state index contributed by atoms with van der Waals surface area (Å²) in [6.45, 7) is 6.01. The zero-order valence-electron chi connectivity index (χ0n) is 15.6. The van der Waals surface area contributed by atoms with E-state index >= 15 is 0 Å². The molecule has 1 aromatic heterocycles. The highest BCUT2D eigenvalue weighted by Crippen LogP contribution is 2.24. The Morgan fingerprint density at radius 2 is 1.70 bits per heavy atom. The van der Waals surface area contributed by atoms with Gasteiger partial charge >= 0.3 is 11.8 Å². The van der Waals surface area contributed by atoms with E-state index in [1.807, 2.05) is 30.3 Å². The third-order valence-corrected chi connectivity index (χ3v) is 4.75. The molecule has 7 heteroatoms. The number of benzene rings is 1. The molecule has 2 amide bonds. The second kappa shape index (κ2) is 9.23. The highest BCUT2D eigenvalue weighted by molar-refractivity contribution is 6.35. The Morgan fingerprint density at radius 3 is 2.33 bits per heavy atom. The van der Waals surface area contributed by atoms with E-state index in [-0.39, 0.29) is 6.04 Å². The van der Waals surface area contributed by atoms with Crippen LogP contribution in [0.25, 0.3) is 0 Å². The molecule has 1 atom stereocenters. The number of likely N-dealkylation sites (N-methyl/N-ethyl adjacent to an activating group) is 1. The average molecular weight is 370 g/mol. The summed E-state index contributed by atoms with van der Waals surface area (Å²) in [7, 11) is 0. The summed E-state index contributed by atoms with van der Waals surface area (Å²) in [5, 5.41) is 5.24. The van der Waals surface area contributed by atoms with Crippen molar-refractivity contribution in [3.63, 3.8) is 0 Å². The molecule has 144 valence electrons.